The van der Waals surface area contributed by atoms with Crippen LogP contribution >= 0.6 is 0 Å². The molecule has 2 unspecified atom stereocenters. The first kappa shape index (κ1) is 11.3. The van der Waals surface area contributed by atoms with E-state index in [0.29, 0.717) is 18.9 Å². The summed E-state index contributed by atoms with van der Waals surface area (Å²) in [6.45, 7) is 2.46. The minimum atomic E-state index is -0.710. The van der Waals surface area contributed by atoms with Crippen LogP contribution in [0.5, 0.6) is 0 Å². The molecule has 3 N–H and O–H groups in total. The third-order valence-electron chi connectivity index (χ3n) is 2.84. The van der Waals surface area contributed by atoms with Crippen LogP contribution in [0, 0.1) is 0 Å². The van der Waals surface area contributed by atoms with E-state index in [4.69, 9.17) is 0 Å². The van der Waals surface area contributed by atoms with E-state index >= 15 is 0 Å². The average molecular weight is 224 g/mol. The molecule has 0 saturated carbocycles. The first-order chi connectivity index (χ1) is 7.58. The summed E-state index contributed by atoms with van der Waals surface area (Å²) in [6, 6.07) is 3.58. The standard InChI is InChI=1S/C11H16N2O3/c1-7(14)8-2-3-11(12-4-8)13-5-9(15)10(16)6-13/h2-4,7,9-10,14-16H,5-6H2,1H3/t7-,9?,10?/m1/s1. The van der Waals surface area contributed by atoms with Gasteiger partial charge in [-0.25, -0.2) is 4.98 Å². The number of pyridine rings is 1. The van der Waals surface area contributed by atoms with Gasteiger partial charge >= 0.3 is 0 Å². The molecule has 5 heteroatoms. The van der Waals surface area contributed by atoms with E-state index in [9.17, 15) is 15.3 Å². The van der Waals surface area contributed by atoms with E-state index < -0.39 is 18.3 Å². The maximum atomic E-state index is 9.41. The zero-order valence-electron chi connectivity index (χ0n) is 9.11. The Morgan fingerprint density at radius 2 is 1.94 bits per heavy atom. The zero-order valence-corrected chi connectivity index (χ0v) is 9.11. The maximum Gasteiger partial charge on any atom is 0.128 e. The number of β-amino-alcohol motifs (C(OH)–C–C–N with tert-alkyl or cyclic N) is 2. The second-order valence-corrected chi connectivity index (χ2v) is 4.17. The minimum Gasteiger partial charge on any atom is -0.389 e. The first-order valence-electron chi connectivity index (χ1n) is 5.33. The molecule has 1 aliphatic heterocycles. The number of aromatic nitrogens is 1. The highest BCUT2D eigenvalue weighted by molar-refractivity contribution is 5.41. The van der Waals surface area contributed by atoms with Crippen molar-refractivity contribution in [2.24, 2.45) is 0 Å². The normalized spacial score (nSPS) is 27.1. The molecule has 0 amide bonds. The molecule has 0 radical (unpaired) electrons. The minimum absolute atomic E-state index is 0.391. The van der Waals surface area contributed by atoms with E-state index in [0.717, 1.165) is 5.56 Å². The SMILES string of the molecule is C[C@@H](O)c1ccc(N2CC(O)C(O)C2)nc1. The van der Waals surface area contributed by atoms with Crippen molar-refractivity contribution < 1.29 is 15.3 Å². The summed E-state index contributed by atoms with van der Waals surface area (Å²) in [6.07, 6.45) is -0.343. The van der Waals surface area contributed by atoms with Crippen LogP contribution in [-0.2, 0) is 0 Å². The molecule has 5 nitrogen and oxygen atoms in total. The van der Waals surface area contributed by atoms with Crippen molar-refractivity contribution in [2.45, 2.75) is 25.2 Å². The van der Waals surface area contributed by atoms with Crippen molar-refractivity contribution in [1.29, 1.82) is 0 Å². The molecule has 0 spiro atoms. The second-order valence-electron chi connectivity index (χ2n) is 4.17. The molecule has 16 heavy (non-hydrogen) atoms. The molecule has 0 aromatic carbocycles. The summed E-state index contributed by atoms with van der Waals surface area (Å²) in [5, 5.41) is 28.2. The Morgan fingerprint density at radius 3 is 2.38 bits per heavy atom. The summed E-state index contributed by atoms with van der Waals surface area (Å²) < 4.78 is 0. The van der Waals surface area contributed by atoms with Crippen LogP contribution in [-0.4, -0.2) is 45.6 Å². The van der Waals surface area contributed by atoms with Gasteiger partial charge in [0, 0.05) is 19.3 Å². The number of aliphatic hydroxyl groups excluding tert-OH is 3. The maximum absolute atomic E-state index is 9.41. The number of hydrogen-bond acceptors (Lipinski definition) is 5. The Labute approximate surface area is 94.0 Å². The first-order valence-corrected chi connectivity index (χ1v) is 5.33. The molecule has 2 heterocycles. The molecule has 1 aromatic rings. The molecule has 0 aliphatic carbocycles. The van der Waals surface area contributed by atoms with Crippen LogP contribution in [0.25, 0.3) is 0 Å². The monoisotopic (exact) mass is 224 g/mol. The molecule has 1 aromatic heterocycles. The van der Waals surface area contributed by atoms with Crippen molar-refractivity contribution in [1.82, 2.24) is 4.98 Å². The molecular weight excluding hydrogens is 208 g/mol. The van der Waals surface area contributed by atoms with Gasteiger partial charge < -0.3 is 20.2 Å². The Morgan fingerprint density at radius 1 is 1.31 bits per heavy atom. The van der Waals surface area contributed by atoms with Gasteiger partial charge in [-0.15, -0.1) is 0 Å². The van der Waals surface area contributed by atoms with Gasteiger partial charge in [-0.1, -0.05) is 6.07 Å². The fraction of sp³-hybridized carbons (Fsp3) is 0.545. The van der Waals surface area contributed by atoms with Gasteiger partial charge in [0.25, 0.3) is 0 Å². The Bertz CT molecular complexity index is 343. The molecular formula is C11H16N2O3. The quantitative estimate of drug-likeness (QED) is 0.641. The topological polar surface area (TPSA) is 76.8 Å². The van der Waals surface area contributed by atoms with Crippen LogP contribution < -0.4 is 4.90 Å². The van der Waals surface area contributed by atoms with E-state index in [-0.39, 0.29) is 0 Å². The Kier molecular flexibility index (Phi) is 3.09. The van der Waals surface area contributed by atoms with Gasteiger partial charge in [0.15, 0.2) is 0 Å². The number of aliphatic hydroxyl groups is 3. The summed E-state index contributed by atoms with van der Waals surface area (Å²) >= 11 is 0. The molecule has 3 atom stereocenters. The predicted molar refractivity (Wildman–Crippen MR) is 59.1 cm³/mol. The van der Waals surface area contributed by atoms with Crippen molar-refractivity contribution in [3.05, 3.63) is 23.9 Å². The van der Waals surface area contributed by atoms with Crippen molar-refractivity contribution in [3.8, 4) is 0 Å². The molecule has 0 bridgehead atoms. The van der Waals surface area contributed by atoms with Crippen LogP contribution in [0.2, 0.25) is 0 Å². The Hall–Kier alpha value is -1.17. The van der Waals surface area contributed by atoms with Gasteiger partial charge in [-0.3, -0.25) is 0 Å². The number of hydrogen-bond donors (Lipinski definition) is 3. The van der Waals surface area contributed by atoms with Crippen molar-refractivity contribution in [2.75, 3.05) is 18.0 Å². The highest BCUT2D eigenvalue weighted by Crippen LogP contribution is 2.20. The summed E-state index contributed by atoms with van der Waals surface area (Å²) in [4.78, 5) is 6.02. The predicted octanol–water partition coefficient (Wildman–Crippen LogP) is -0.323. The van der Waals surface area contributed by atoms with E-state index in [1.165, 1.54) is 0 Å². The number of nitrogens with zero attached hydrogens (tertiary/aromatic N) is 2. The van der Waals surface area contributed by atoms with E-state index in [2.05, 4.69) is 4.98 Å². The van der Waals surface area contributed by atoms with Gasteiger partial charge in [0.05, 0.1) is 18.3 Å². The number of anilines is 1. The lowest BCUT2D eigenvalue weighted by atomic mass is 10.2. The smallest absolute Gasteiger partial charge is 0.128 e. The second kappa shape index (κ2) is 4.37. The third-order valence-corrected chi connectivity index (χ3v) is 2.84. The van der Waals surface area contributed by atoms with Gasteiger partial charge in [0.2, 0.25) is 0 Å². The highest BCUT2D eigenvalue weighted by atomic mass is 16.3. The summed E-state index contributed by atoms with van der Waals surface area (Å²) in [5.74, 6) is 0.708. The molecule has 1 aliphatic rings. The largest absolute Gasteiger partial charge is 0.389 e. The lowest BCUT2D eigenvalue weighted by Crippen LogP contribution is -2.22. The zero-order chi connectivity index (χ0) is 11.7. The molecule has 2 rings (SSSR count). The molecule has 1 saturated heterocycles. The van der Waals surface area contributed by atoms with Gasteiger partial charge in [-0.2, -0.15) is 0 Å². The van der Waals surface area contributed by atoms with E-state index in [1.807, 2.05) is 4.90 Å². The van der Waals surface area contributed by atoms with Crippen LogP contribution in [0.15, 0.2) is 18.3 Å². The fourth-order valence-electron chi connectivity index (χ4n) is 1.79. The summed E-state index contributed by atoms with van der Waals surface area (Å²) in [7, 11) is 0. The average Bonchev–Trinajstić information content (AvgIpc) is 2.59. The van der Waals surface area contributed by atoms with Crippen molar-refractivity contribution >= 4 is 5.82 Å². The Balaban J connectivity index is 2.11. The fourth-order valence-corrected chi connectivity index (χ4v) is 1.79. The van der Waals surface area contributed by atoms with Gasteiger partial charge in [-0.05, 0) is 18.6 Å². The van der Waals surface area contributed by atoms with Crippen LogP contribution in [0.4, 0.5) is 5.82 Å². The lowest BCUT2D eigenvalue weighted by molar-refractivity contribution is 0.0572. The van der Waals surface area contributed by atoms with Crippen LogP contribution in [0.3, 0.4) is 0 Å². The molecule has 88 valence electrons. The van der Waals surface area contributed by atoms with Crippen LogP contribution in [0.1, 0.15) is 18.6 Å². The summed E-state index contributed by atoms with van der Waals surface area (Å²) in [5.41, 5.74) is 0.754. The van der Waals surface area contributed by atoms with Gasteiger partial charge in [0.1, 0.15) is 5.82 Å². The highest BCUT2D eigenvalue weighted by Gasteiger charge is 2.30. The van der Waals surface area contributed by atoms with E-state index in [1.54, 1.807) is 25.3 Å². The third kappa shape index (κ3) is 2.16. The van der Waals surface area contributed by atoms with Crippen molar-refractivity contribution in [3.63, 3.8) is 0 Å². The number of rotatable bonds is 2. The lowest BCUT2D eigenvalue weighted by Gasteiger charge is -2.16. The molecule has 1 fully saturated rings.